The summed E-state index contributed by atoms with van der Waals surface area (Å²) in [5.41, 5.74) is 12.8. The van der Waals surface area contributed by atoms with Crippen LogP contribution in [0.15, 0.2) is 297 Å². The van der Waals surface area contributed by atoms with Crippen LogP contribution < -0.4 is 9.47 Å². The molecule has 0 saturated carbocycles. The van der Waals surface area contributed by atoms with Gasteiger partial charge in [-0.2, -0.15) is 0 Å². The van der Waals surface area contributed by atoms with E-state index in [-0.39, 0.29) is 152 Å². The number of carbonyl (C=O) groups is 12. The molecule has 0 N–H and O–H groups in total. The summed E-state index contributed by atoms with van der Waals surface area (Å²) in [6, 6.07) is 87.1. The van der Waals surface area contributed by atoms with Gasteiger partial charge in [-0.1, -0.05) is 276 Å². The van der Waals surface area contributed by atoms with E-state index in [1.165, 1.54) is 32.4 Å². The molecule has 17 heteroatoms. The molecule has 618 valence electrons. The van der Waals surface area contributed by atoms with E-state index in [4.69, 9.17) is 32.7 Å². The number of rotatable bonds is 32. The van der Waals surface area contributed by atoms with Crippen molar-refractivity contribution in [2.24, 2.45) is 0 Å². The van der Waals surface area contributed by atoms with Crippen molar-refractivity contribution in [2.75, 3.05) is 14.2 Å². The standard InChI is InChI=1S/C18H18O3.2C18H18O2.C17H15FO2.C17H16O3.C16H12Cl2O2/c1-13-7-9-14(10-8-13)16(19)11-12-17(20)15-5-3-4-6-18(15)21-2;1-13-7-3-5-9-15(13)17(19)11-12-18(20)16-10-6-4-8-14(16)2;1-13-7-9-15(10-8-13)17(19)11-12-18(20)16-6-4-3-5-14(16)2;1-12-6-8-13(9-7-12)16(19)10-11-17(20)14-4-2-3-5-15(14)18;1-20-17-10-6-5-9-14(17)16(19)12-11-15(18)13-7-3-2-4-8-13;17-13-7-3-1-5-11(13)15(19)9-10-16(20)12-6-2-4-8-14(12)18/h3-10H,11-12H2,1-2H3;2*3-10H,11-12H2,1-2H3;2-9H,10-11H2,1H3;2-10H,11-12H2,1H3;1-8H,9-10H2. The van der Waals surface area contributed by atoms with E-state index < -0.39 is 5.82 Å². The van der Waals surface area contributed by atoms with Crippen LogP contribution in [-0.2, 0) is 0 Å². The first kappa shape index (κ1) is 94.9. The van der Waals surface area contributed by atoms with E-state index in [1.807, 2.05) is 193 Å². The third-order valence-electron chi connectivity index (χ3n) is 19.4. The van der Waals surface area contributed by atoms with Gasteiger partial charge in [0.2, 0.25) is 0 Å². The van der Waals surface area contributed by atoms with Crippen molar-refractivity contribution < 1.29 is 71.4 Å². The van der Waals surface area contributed by atoms with Crippen LogP contribution in [0.5, 0.6) is 11.5 Å². The smallest absolute Gasteiger partial charge is 0.167 e. The molecule has 0 aliphatic heterocycles. The Hall–Kier alpha value is -13.2. The predicted octanol–water partition coefficient (Wildman–Crippen LogP) is 24.5. The van der Waals surface area contributed by atoms with Crippen LogP contribution in [-0.4, -0.2) is 83.6 Å². The maximum Gasteiger partial charge on any atom is 0.167 e. The van der Waals surface area contributed by atoms with Crippen molar-refractivity contribution in [1.82, 2.24) is 0 Å². The van der Waals surface area contributed by atoms with Gasteiger partial charge in [-0.15, -0.1) is 0 Å². The number of aryl methyl sites for hydroxylation is 6. The molecule has 12 aromatic carbocycles. The zero-order valence-electron chi connectivity index (χ0n) is 69.1. The number of hydrogen-bond acceptors (Lipinski definition) is 14. The molecule has 14 nitrogen and oxygen atoms in total. The van der Waals surface area contributed by atoms with E-state index in [0.29, 0.717) is 82.7 Å². The quantitative estimate of drug-likeness (QED) is 0.0358. The first-order valence-corrected chi connectivity index (χ1v) is 40.2. The molecule has 0 spiro atoms. The Morgan fingerprint density at radius 3 is 0.686 bits per heavy atom. The lowest BCUT2D eigenvalue weighted by Crippen LogP contribution is -2.07. The molecule has 0 saturated heterocycles. The van der Waals surface area contributed by atoms with E-state index in [9.17, 15) is 61.9 Å². The van der Waals surface area contributed by atoms with Crippen LogP contribution in [0.2, 0.25) is 10.0 Å². The Morgan fingerprint density at radius 2 is 0.413 bits per heavy atom. The van der Waals surface area contributed by atoms with Gasteiger partial charge >= 0.3 is 0 Å². The first-order valence-electron chi connectivity index (χ1n) is 39.5. The molecule has 0 heterocycles. The van der Waals surface area contributed by atoms with Crippen LogP contribution in [0, 0.1) is 47.4 Å². The molecule has 0 aliphatic carbocycles. The summed E-state index contributed by atoms with van der Waals surface area (Å²) in [6.07, 6.45) is 2.19. The number of Topliss-reactive ketones (excluding diaryl/α,β-unsaturated/α-hetero) is 12. The van der Waals surface area contributed by atoms with Crippen LogP contribution >= 0.6 is 23.2 Å². The molecule has 0 radical (unpaired) electrons. The Kier molecular flexibility index (Phi) is 39.1. The molecular weight excluding hydrogens is 1560 g/mol. The molecular formula is C104H97Cl2FO14. The monoisotopic (exact) mass is 1660 g/mol. The van der Waals surface area contributed by atoms with E-state index >= 15 is 0 Å². The Bertz CT molecular complexity index is 5230. The summed E-state index contributed by atoms with van der Waals surface area (Å²) in [6.45, 7) is 11.6. The first-order chi connectivity index (χ1) is 58.2. The zero-order chi connectivity index (χ0) is 87.8. The number of carbonyl (C=O) groups excluding carboxylic acids is 12. The van der Waals surface area contributed by atoms with Gasteiger partial charge in [0.25, 0.3) is 0 Å². The molecule has 12 rings (SSSR count). The number of ketones is 12. The maximum absolute atomic E-state index is 13.4. The Morgan fingerprint density at radius 1 is 0.215 bits per heavy atom. The number of halogens is 3. The summed E-state index contributed by atoms with van der Waals surface area (Å²) in [5, 5.41) is 0.811. The van der Waals surface area contributed by atoms with Crippen molar-refractivity contribution in [1.29, 1.82) is 0 Å². The second-order valence-electron chi connectivity index (χ2n) is 28.3. The average molecular weight is 1660 g/mol. The minimum absolute atomic E-state index is 0.0155. The summed E-state index contributed by atoms with van der Waals surface area (Å²) in [7, 11) is 3.06. The molecule has 0 unspecified atom stereocenters. The number of ether oxygens (including phenoxy) is 2. The fourth-order valence-electron chi connectivity index (χ4n) is 12.3. The third-order valence-corrected chi connectivity index (χ3v) is 20.0. The maximum atomic E-state index is 13.4. The number of methoxy groups -OCH3 is 2. The topological polar surface area (TPSA) is 223 Å². The molecule has 0 aliphatic rings. The second-order valence-corrected chi connectivity index (χ2v) is 29.1. The number of para-hydroxylation sites is 2. The highest BCUT2D eigenvalue weighted by Crippen LogP contribution is 2.26. The molecule has 0 amide bonds. The predicted molar refractivity (Wildman–Crippen MR) is 476 cm³/mol. The molecule has 0 aromatic heterocycles. The van der Waals surface area contributed by atoms with Crippen LogP contribution in [0.4, 0.5) is 4.39 Å². The summed E-state index contributed by atoms with van der Waals surface area (Å²) < 4.78 is 23.7. The SMILES string of the molecule is COc1ccccc1C(=O)CCC(=O)c1ccc(C)cc1.COc1ccccc1C(=O)CCC(=O)c1ccccc1.Cc1ccc(C(=O)CCC(=O)c2ccccc2C)cc1.Cc1ccc(C(=O)CCC(=O)c2ccccc2F)cc1.Cc1ccccc1C(=O)CCC(=O)c1ccccc1C.O=C(CCC(=O)c1ccccc1Cl)c1ccccc1Cl. The highest BCUT2D eigenvalue weighted by atomic mass is 35.5. The molecule has 0 fully saturated rings. The molecule has 121 heavy (non-hydrogen) atoms. The normalized spacial score (nSPS) is 10.2. The molecule has 0 bridgehead atoms. The van der Waals surface area contributed by atoms with Crippen LogP contribution in [0.25, 0.3) is 0 Å². The van der Waals surface area contributed by atoms with Crippen LogP contribution in [0.3, 0.4) is 0 Å². The molecule has 0 atom stereocenters. The van der Waals surface area contributed by atoms with Crippen molar-refractivity contribution in [3.05, 3.63) is 413 Å². The number of benzene rings is 12. The fraction of sp³-hybridized carbons (Fsp3) is 0.192. The lowest BCUT2D eigenvalue weighted by molar-refractivity contribution is 0.0915. The minimum atomic E-state index is -0.541. The second kappa shape index (κ2) is 49.9. The van der Waals surface area contributed by atoms with Crippen molar-refractivity contribution in [3.8, 4) is 11.5 Å². The Balaban J connectivity index is 0.000000200. The van der Waals surface area contributed by atoms with Gasteiger partial charge in [0, 0.05) is 127 Å². The summed E-state index contributed by atoms with van der Waals surface area (Å²) >= 11 is 11.9. The number of hydrogen-bond donors (Lipinski definition) is 0. The lowest BCUT2D eigenvalue weighted by Gasteiger charge is -2.07. The summed E-state index contributed by atoms with van der Waals surface area (Å²) in [5.74, 6) is -0.252. The van der Waals surface area contributed by atoms with E-state index in [0.717, 1.165) is 33.4 Å². The van der Waals surface area contributed by atoms with Gasteiger partial charge < -0.3 is 9.47 Å². The van der Waals surface area contributed by atoms with Gasteiger partial charge in [-0.25, -0.2) is 4.39 Å². The third kappa shape index (κ3) is 30.9. The highest BCUT2D eigenvalue weighted by Gasteiger charge is 2.21. The largest absolute Gasteiger partial charge is 0.496 e. The highest BCUT2D eigenvalue weighted by molar-refractivity contribution is 6.35. The van der Waals surface area contributed by atoms with Gasteiger partial charge in [0.1, 0.15) is 17.3 Å². The van der Waals surface area contributed by atoms with Gasteiger partial charge in [0.15, 0.2) is 69.4 Å². The van der Waals surface area contributed by atoms with Gasteiger partial charge in [-0.3, -0.25) is 57.5 Å². The average Bonchev–Trinajstić information content (AvgIpc) is 0.866. The van der Waals surface area contributed by atoms with Crippen molar-refractivity contribution in [3.63, 3.8) is 0 Å². The fourth-order valence-corrected chi connectivity index (χ4v) is 12.8. The van der Waals surface area contributed by atoms with Gasteiger partial charge in [-0.05, 0) is 119 Å². The van der Waals surface area contributed by atoms with Gasteiger partial charge in [0.05, 0.1) is 41.0 Å². The van der Waals surface area contributed by atoms with E-state index in [1.54, 1.807) is 127 Å². The lowest BCUT2D eigenvalue weighted by atomic mass is 9.97. The van der Waals surface area contributed by atoms with E-state index in [2.05, 4.69) is 0 Å². The molecule has 12 aromatic rings. The zero-order valence-corrected chi connectivity index (χ0v) is 70.6. The van der Waals surface area contributed by atoms with Crippen molar-refractivity contribution in [2.45, 2.75) is 119 Å². The Labute approximate surface area is 717 Å². The minimum Gasteiger partial charge on any atom is -0.496 e. The van der Waals surface area contributed by atoms with Crippen LogP contribution in [0.1, 0.15) is 235 Å². The summed E-state index contributed by atoms with van der Waals surface area (Å²) in [4.78, 5) is 145. The van der Waals surface area contributed by atoms with Crippen molar-refractivity contribution >= 4 is 92.6 Å².